The van der Waals surface area contributed by atoms with Gasteiger partial charge in [0.25, 0.3) is 0 Å². The molecular weight excluding hydrogens is 257 g/mol. The van der Waals surface area contributed by atoms with Crippen LogP contribution in [0, 0.1) is 5.92 Å². The molecule has 1 aromatic rings. The molecule has 6 nitrogen and oxygen atoms in total. The molecule has 1 unspecified atom stereocenters. The summed E-state index contributed by atoms with van der Waals surface area (Å²) in [4.78, 5) is 12.8. The molecule has 1 saturated carbocycles. The molecule has 1 aromatic heterocycles. The van der Waals surface area contributed by atoms with E-state index in [1.165, 1.54) is 0 Å². The first-order chi connectivity index (χ1) is 8.69. The molecule has 18 heavy (non-hydrogen) atoms. The van der Waals surface area contributed by atoms with Crippen molar-refractivity contribution in [2.45, 2.75) is 25.0 Å². The molecule has 4 atom stereocenters. The summed E-state index contributed by atoms with van der Waals surface area (Å²) >= 11 is 0. The molecule has 2 N–H and O–H groups in total. The first-order valence-electron chi connectivity index (χ1n) is 5.70. The molecule has 0 bridgehead atoms. The second kappa shape index (κ2) is 6.20. The van der Waals surface area contributed by atoms with Gasteiger partial charge in [-0.3, -0.25) is 0 Å². The molecule has 1 fully saturated rings. The molecule has 98 valence electrons. The zero-order chi connectivity index (χ0) is 13.0. The van der Waals surface area contributed by atoms with E-state index >= 15 is 0 Å². The van der Waals surface area contributed by atoms with Gasteiger partial charge < -0.3 is 9.84 Å². The Hall–Kier alpha value is -1.07. The Labute approximate surface area is 106 Å². The van der Waals surface area contributed by atoms with Crippen LogP contribution in [0.1, 0.15) is 12.8 Å². The van der Waals surface area contributed by atoms with Crippen molar-refractivity contribution in [2.24, 2.45) is 5.92 Å². The zero-order valence-corrected chi connectivity index (χ0v) is 10.6. The molecule has 1 aliphatic carbocycles. The van der Waals surface area contributed by atoms with Crippen molar-refractivity contribution in [2.75, 3.05) is 6.61 Å². The first-order valence-corrected chi connectivity index (χ1v) is 6.83. The third-order valence-corrected chi connectivity index (χ3v) is 3.42. The predicted molar refractivity (Wildman–Crippen MR) is 63.2 cm³/mol. The summed E-state index contributed by atoms with van der Waals surface area (Å²) in [6, 6.07) is 5.36. The third-order valence-electron chi connectivity index (χ3n) is 2.97. The lowest BCUT2D eigenvalue weighted by atomic mass is 10.1. The highest BCUT2D eigenvalue weighted by atomic mass is 31.1. The molecule has 1 heterocycles. The number of aliphatic hydroxyl groups is 1. The normalized spacial score (nSPS) is 28.1. The van der Waals surface area contributed by atoms with Gasteiger partial charge in [0.05, 0.1) is 0 Å². The molecule has 0 spiro atoms. The minimum atomic E-state index is -2.65. The van der Waals surface area contributed by atoms with Crippen molar-refractivity contribution in [3.8, 4) is 5.88 Å². The van der Waals surface area contributed by atoms with Crippen LogP contribution in [0.5, 0.6) is 5.88 Å². The quantitative estimate of drug-likeness (QED) is 0.784. The molecular formula is C11H15NO5P+. The van der Waals surface area contributed by atoms with E-state index in [0.717, 1.165) is 0 Å². The van der Waals surface area contributed by atoms with Gasteiger partial charge in [0.1, 0.15) is 12.2 Å². The van der Waals surface area contributed by atoms with Crippen LogP contribution in [0.2, 0.25) is 0 Å². The van der Waals surface area contributed by atoms with Crippen LogP contribution < -0.4 is 4.74 Å². The highest BCUT2D eigenvalue weighted by Crippen LogP contribution is 2.35. The van der Waals surface area contributed by atoms with Crippen LogP contribution >= 0.6 is 8.25 Å². The number of hydrogen-bond donors (Lipinski definition) is 2. The summed E-state index contributed by atoms with van der Waals surface area (Å²) in [5, 5.41) is 9.21. The lowest BCUT2D eigenvalue weighted by molar-refractivity contribution is 0.105. The largest absolute Gasteiger partial charge is 0.695 e. The number of rotatable bonds is 5. The molecule has 0 amide bonds. The molecule has 0 radical (unpaired) electrons. The van der Waals surface area contributed by atoms with Gasteiger partial charge in [-0.05, 0) is 12.5 Å². The lowest BCUT2D eigenvalue weighted by Crippen LogP contribution is -2.18. The third kappa shape index (κ3) is 3.46. The van der Waals surface area contributed by atoms with Gasteiger partial charge in [-0.1, -0.05) is 6.07 Å². The fraction of sp³-hybridized carbons (Fsp3) is 0.545. The Bertz CT molecular complexity index is 402. The van der Waals surface area contributed by atoms with E-state index in [-0.39, 0.29) is 18.6 Å². The van der Waals surface area contributed by atoms with Gasteiger partial charge in [0.2, 0.25) is 5.88 Å². The SMILES string of the molecule is O=[P+](O)O[C@H]1C[C@H](Oc2ccccn2)C[C@@H]1CO. The maximum absolute atomic E-state index is 10.7. The summed E-state index contributed by atoms with van der Waals surface area (Å²) in [6.07, 6.45) is 2.09. The van der Waals surface area contributed by atoms with Crippen molar-refractivity contribution in [1.82, 2.24) is 4.98 Å². The Morgan fingerprint density at radius 1 is 1.44 bits per heavy atom. The smallest absolute Gasteiger partial charge is 0.474 e. The van der Waals surface area contributed by atoms with Gasteiger partial charge in [0, 0.05) is 35.8 Å². The van der Waals surface area contributed by atoms with E-state index in [1.807, 2.05) is 6.07 Å². The summed E-state index contributed by atoms with van der Waals surface area (Å²) in [5.74, 6) is 0.332. The molecule has 0 aromatic carbocycles. The van der Waals surface area contributed by atoms with Gasteiger partial charge >= 0.3 is 8.25 Å². The van der Waals surface area contributed by atoms with Crippen LogP contribution in [-0.4, -0.2) is 33.8 Å². The highest BCUT2D eigenvalue weighted by Gasteiger charge is 2.41. The zero-order valence-electron chi connectivity index (χ0n) is 9.68. The van der Waals surface area contributed by atoms with Crippen molar-refractivity contribution in [3.63, 3.8) is 0 Å². The van der Waals surface area contributed by atoms with Crippen molar-refractivity contribution < 1.29 is 23.8 Å². The molecule has 1 aliphatic rings. The van der Waals surface area contributed by atoms with Crippen LogP contribution in [0.25, 0.3) is 0 Å². The van der Waals surface area contributed by atoms with E-state index in [4.69, 9.17) is 14.2 Å². The van der Waals surface area contributed by atoms with Gasteiger partial charge in [-0.2, -0.15) is 0 Å². The van der Waals surface area contributed by atoms with E-state index in [1.54, 1.807) is 18.3 Å². The molecule has 7 heteroatoms. The number of aliphatic hydroxyl groups excluding tert-OH is 1. The summed E-state index contributed by atoms with van der Waals surface area (Å²) in [5.41, 5.74) is 0. The van der Waals surface area contributed by atoms with Crippen LogP contribution in [-0.2, 0) is 9.09 Å². The minimum absolute atomic E-state index is 0.0874. The van der Waals surface area contributed by atoms with Crippen molar-refractivity contribution in [3.05, 3.63) is 24.4 Å². The second-order valence-corrected chi connectivity index (χ2v) is 4.89. The van der Waals surface area contributed by atoms with Crippen LogP contribution in [0.4, 0.5) is 0 Å². The van der Waals surface area contributed by atoms with Crippen molar-refractivity contribution >= 4 is 8.25 Å². The van der Waals surface area contributed by atoms with Crippen LogP contribution in [0.15, 0.2) is 24.4 Å². The standard InChI is InChI=1S/C11H14NO5P/c13-7-8-5-9(6-10(8)17-18(14)15)16-11-3-1-2-4-12-11/h1-4,8-10,13H,5-7H2/p+1/t8-,9-,10+/m1/s1. The summed E-state index contributed by atoms with van der Waals surface area (Å²) in [6.45, 7) is -0.0874. The summed E-state index contributed by atoms with van der Waals surface area (Å²) < 4.78 is 21.2. The van der Waals surface area contributed by atoms with E-state index in [9.17, 15) is 9.67 Å². The number of aromatic nitrogens is 1. The number of ether oxygens (including phenoxy) is 1. The van der Waals surface area contributed by atoms with E-state index in [2.05, 4.69) is 4.98 Å². The maximum atomic E-state index is 10.7. The van der Waals surface area contributed by atoms with Gasteiger partial charge in [-0.25, -0.2) is 4.98 Å². The number of pyridine rings is 1. The first kappa shape index (κ1) is 13.4. The average Bonchev–Trinajstić information content (AvgIpc) is 2.71. The number of hydrogen-bond acceptors (Lipinski definition) is 5. The molecule has 2 rings (SSSR count). The molecule has 0 saturated heterocycles. The highest BCUT2D eigenvalue weighted by molar-refractivity contribution is 7.32. The topological polar surface area (TPSA) is 88.9 Å². The Morgan fingerprint density at radius 2 is 2.28 bits per heavy atom. The predicted octanol–water partition coefficient (Wildman–Crippen LogP) is 1.27. The Kier molecular flexibility index (Phi) is 4.60. The fourth-order valence-corrected chi connectivity index (χ4v) is 2.65. The summed E-state index contributed by atoms with van der Waals surface area (Å²) in [7, 11) is -2.65. The van der Waals surface area contributed by atoms with Gasteiger partial charge in [0.15, 0.2) is 0 Å². The fourth-order valence-electron chi connectivity index (χ4n) is 2.16. The Balaban J connectivity index is 1.94. The minimum Gasteiger partial charge on any atom is -0.474 e. The van der Waals surface area contributed by atoms with Crippen LogP contribution in [0.3, 0.4) is 0 Å². The lowest BCUT2D eigenvalue weighted by Gasteiger charge is -2.11. The second-order valence-electron chi connectivity index (χ2n) is 4.20. The monoisotopic (exact) mass is 272 g/mol. The number of nitrogens with zero attached hydrogens (tertiary/aromatic N) is 1. The van der Waals surface area contributed by atoms with Crippen molar-refractivity contribution in [1.29, 1.82) is 0 Å². The maximum Gasteiger partial charge on any atom is 0.695 e. The van der Waals surface area contributed by atoms with E-state index < -0.39 is 14.4 Å². The Morgan fingerprint density at radius 3 is 2.89 bits per heavy atom. The van der Waals surface area contributed by atoms with E-state index in [0.29, 0.717) is 18.7 Å². The molecule has 0 aliphatic heterocycles. The average molecular weight is 272 g/mol. The van der Waals surface area contributed by atoms with Gasteiger partial charge in [-0.15, -0.1) is 9.42 Å².